The van der Waals surface area contributed by atoms with Gasteiger partial charge in [0, 0.05) is 18.2 Å². The van der Waals surface area contributed by atoms with Crippen molar-refractivity contribution in [1.82, 2.24) is 0 Å². The molecule has 26 heavy (non-hydrogen) atoms. The van der Waals surface area contributed by atoms with Gasteiger partial charge in [-0.3, -0.25) is 0 Å². The maximum atomic E-state index is 13.9. The summed E-state index contributed by atoms with van der Waals surface area (Å²) in [5.74, 6) is -2.06. The van der Waals surface area contributed by atoms with Gasteiger partial charge in [-0.05, 0) is 22.8 Å². The minimum absolute atomic E-state index is 0.201. The fraction of sp³-hybridized carbons (Fsp3) is 0.526. The lowest BCUT2D eigenvalue weighted by Crippen LogP contribution is -2.60. The lowest BCUT2D eigenvalue weighted by molar-refractivity contribution is -0.938. The molecule has 4 atom stereocenters. The Labute approximate surface area is 184 Å². The molecular formula is C19H22NO4S2+. The van der Waals surface area contributed by atoms with Crippen LogP contribution in [0, 0.1) is 0 Å². The molecule has 1 N–H and O–H groups in total. The first-order valence-corrected chi connectivity index (χ1v) is 8.92. The Morgan fingerprint density at radius 1 is 1.38 bits per heavy atom. The average Bonchev–Trinajstić information content (AvgIpc) is 3.23. The van der Waals surface area contributed by atoms with Crippen molar-refractivity contribution < 1.29 is 47.2 Å². The normalized spacial score (nSPS) is 63.2. The molecule has 3 saturated heterocycles. The van der Waals surface area contributed by atoms with Crippen molar-refractivity contribution in [3.8, 4) is 0 Å². The van der Waals surface area contributed by atoms with E-state index in [1.165, 1.54) is 0 Å². The van der Waals surface area contributed by atoms with Crippen LogP contribution in [0.2, 0.25) is 0 Å². The first kappa shape index (κ1) is 6.67. The Morgan fingerprint density at radius 2 is 1.96 bits per heavy atom. The molecule has 138 valence electrons. The molecular weight excluding hydrogens is 370 g/mol. The maximum Gasteiger partial charge on any atom is 0.349 e. The second kappa shape index (κ2) is 5.62. The van der Waals surface area contributed by atoms with Gasteiger partial charge in [0.25, 0.3) is 0 Å². The number of nitrogens with zero attached hydrogens (tertiary/aromatic N) is 1. The number of carbonyl (C=O) groups excluding carboxylic acids is 1. The summed E-state index contributed by atoms with van der Waals surface area (Å²) >= 11 is 0.401. The van der Waals surface area contributed by atoms with Crippen molar-refractivity contribution in [2.45, 2.75) is 48.6 Å². The van der Waals surface area contributed by atoms with Gasteiger partial charge in [-0.1, -0.05) is 12.1 Å². The lowest BCUT2D eigenvalue weighted by Gasteiger charge is -2.45. The van der Waals surface area contributed by atoms with Gasteiger partial charge < -0.3 is 19.1 Å². The number of aliphatic hydroxyl groups is 1. The van der Waals surface area contributed by atoms with Crippen molar-refractivity contribution in [3.05, 3.63) is 44.6 Å². The number of morpholine rings is 1. The average molecular weight is 410 g/mol. The number of piperidine rings is 1. The topological polar surface area (TPSA) is 59.1 Å². The number of ether oxygens (including phenoxy) is 2. The van der Waals surface area contributed by atoms with E-state index < -0.39 is 111 Å². The highest BCUT2D eigenvalue weighted by Crippen LogP contribution is 2.52. The van der Waals surface area contributed by atoms with Gasteiger partial charge in [0.05, 0.1) is 41.6 Å². The summed E-state index contributed by atoms with van der Waals surface area (Å²) in [5, 5.41) is 10.6. The van der Waals surface area contributed by atoms with Crippen LogP contribution in [-0.2, 0) is 19.9 Å². The smallest absolute Gasteiger partial charge is 0.349 e. The molecule has 2 aromatic rings. The van der Waals surface area contributed by atoms with Crippen LogP contribution in [0.3, 0.4) is 0 Å². The van der Waals surface area contributed by atoms with E-state index in [9.17, 15) is 9.90 Å². The monoisotopic (exact) mass is 409 g/mol. The maximum absolute atomic E-state index is 13.9. The number of hydrogen-bond donors (Lipinski definition) is 1. The van der Waals surface area contributed by atoms with Gasteiger partial charge in [0.15, 0.2) is 0 Å². The summed E-state index contributed by atoms with van der Waals surface area (Å²) in [4.78, 5) is 12.3. The first-order chi connectivity index (χ1) is 19.1. The third-order valence-electron chi connectivity index (χ3n) is 4.17. The number of quaternary nitrogens is 1. The van der Waals surface area contributed by atoms with Gasteiger partial charge in [0.1, 0.15) is 30.3 Å². The number of esters is 1. The standard InChI is InChI=1S/C19H22NO4S2/c1-20(2)12-9-11(10-13(20)17-16(12)24-17)23-18(21)19(22,14-5-3-7-25-14)15-6-4-8-26-15/h3-8,11-13,16-17,22H,9-10H2,1-2H3/q+1/i1D3,3D,4D,5D,6D,7D,8D,9D2,10D2,12D,13D,16D,17D. The van der Waals surface area contributed by atoms with Gasteiger partial charge >= 0.3 is 5.97 Å². The second-order valence-electron chi connectivity index (χ2n) is 5.81. The molecule has 4 unspecified atom stereocenters. The van der Waals surface area contributed by atoms with E-state index >= 15 is 0 Å². The van der Waals surface area contributed by atoms with E-state index in [4.69, 9.17) is 32.8 Å². The number of rotatable bonds is 4. The van der Waals surface area contributed by atoms with Gasteiger partial charge in [-0.25, -0.2) is 4.79 Å². The van der Waals surface area contributed by atoms with Crippen LogP contribution in [-0.4, -0.2) is 59.9 Å². The molecule has 5 rings (SSSR count). The van der Waals surface area contributed by atoms with Crippen molar-refractivity contribution in [2.24, 2.45) is 0 Å². The Bertz CT molecular complexity index is 1500. The summed E-state index contributed by atoms with van der Waals surface area (Å²) in [6, 6.07) is -10.5. The molecule has 7 heteroatoms. The van der Waals surface area contributed by atoms with Crippen molar-refractivity contribution in [2.75, 3.05) is 14.0 Å². The number of carbonyl (C=O) groups is 1. The molecule has 0 amide bonds. The number of thiophene rings is 2. The van der Waals surface area contributed by atoms with Gasteiger partial charge in [-0.2, -0.15) is 0 Å². The number of fused-ring (bicyclic) bond motifs is 5. The summed E-state index contributed by atoms with van der Waals surface area (Å²) in [5.41, 5.74) is -3.42. The Balaban J connectivity index is 1.75. The Morgan fingerprint density at radius 3 is 2.42 bits per heavy atom. The quantitative estimate of drug-likeness (QED) is 0.478. The molecule has 0 radical (unpaired) electrons. The van der Waals surface area contributed by atoms with E-state index in [1.54, 1.807) is 0 Å². The van der Waals surface area contributed by atoms with E-state index in [1.807, 2.05) is 0 Å². The van der Waals surface area contributed by atoms with E-state index in [-0.39, 0.29) is 22.7 Å². The van der Waals surface area contributed by atoms with Gasteiger partial charge in [-0.15, -0.1) is 22.7 Å². The number of hydrogen-bond acceptors (Lipinski definition) is 6. The van der Waals surface area contributed by atoms with E-state index in [0.29, 0.717) is 7.05 Å². The third-order valence-corrected chi connectivity index (χ3v) is 5.78. The molecule has 3 aliphatic rings. The summed E-state index contributed by atoms with van der Waals surface area (Å²) in [7, 11) is 0.617. The second-order valence-corrected chi connectivity index (χ2v) is 7.45. The number of likely N-dealkylation sites (N-methyl/N-ethyl adjacent to an activating group) is 1. The molecule has 0 aromatic carbocycles. The number of epoxide rings is 1. The zero-order valence-electron chi connectivity index (χ0n) is 30.0. The van der Waals surface area contributed by atoms with Crippen LogP contribution < -0.4 is 0 Å². The largest absolute Gasteiger partial charge is 0.459 e. The Hall–Kier alpha value is -1.25. The molecule has 2 bridgehead atoms. The third kappa shape index (κ3) is 2.28. The van der Waals surface area contributed by atoms with Crippen molar-refractivity contribution >= 4 is 28.6 Å². The molecule has 3 fully saturated rings. The highest BCUT2D eigenvalue weighted by atomic mass is 32.1. The Kier molecular flexibility index (Phi) is 1.44. The van der Waals surface area contributed by atoms with Gasteiger partial charge in [0.2, 0.25) is 5.60 Å². The zero-order chi connectivity index (χ0) is 33.1. The lowest BCUT2D eigenvalue weighted by atomic mass is 9.95. The fourth-order valence-electron chi connectivity index (χ4n) is 2.82. The van der Waals surface area contributed by atoms with E-state index in [2.05, 4.69) is 0 Å². The van der Waals surface area contributed by atoms with Crippen LogP contribution in [0.1, 0.15) is 45.8 Å². The molecule has 5 heterocycles. The summed E-state index contributed by atoms with van der Waals surface area (Å²) in [6.45, 7) is -3.60. The van der Waals surface area contributed by atoms with Crippen LogP contribution in [0.4, 0.5) is 0 Å². The minimum atomic E-state index is -3.76. The zero-order valence-corrected chi connectivity index (χ0v) is 14.6. The van der Waals surface area contributed by atoms with Crippen LogP contribution in [0.25, 0.3) is 0 Å². The van der Waals surface area contributed by atoms with Crippen molar-refractivity contribution in [3.63, 3.8) is 0 Å². The predicted octanol–water partition coefficient (Wildman–Crippen LogP) is 2.35. The van der Waals surface area contributed by atoms with Crippen LogP contribution in [0.15, 0.2) is 34.9 Å². The van der Waals surface area contributed by atoms with Crippen LogP contribution >= 0.6 is 22.7 Å². The molecule has 5 nitrogen and oxygen atoms in total. The van der Waals surface area contributed by atoms with Crippen molar-refractivity contribution in [1.29, 1.82) is 0 Å². The first-order valence-electron chi connectivity index (χ1n) is 15.8. The molecule has 2 aromatic heterocycles. The highest BCUT2D eigenvalue weighted by molar-refractivity contribution is 7.12. The summed E-state index contributed by atoms with van der Waals surface area (Å²) in [6.07, 6.45) is -16.8. The molecule has 0 spiro atoms. The molecule has 0 saturated carbocycles. The summed E-state index contributed by atoms with van der Waals surface area (Å²) < 4.78 is 151. The predicted molar refractivity (Wildman–Crippen MR) is 99.1 cm³/mol. The molecule has 0 aliphatic carbocycles. The minimum Gasteiger partial charge on any atom is -0.459 e. The van der Waals surface area contributed by atoms with E-state index in [0.717, 1.165) is 0 Å². The highest BCUT2D eigenvalue weighted by Gasteiger charge is 2.71. The molecule has 3 aliphatic heterocycles. The fourth-order valence-corrected chi connectivity index (χ4v) is 4.16. The van der Waals surface area contributed by atoms with Crippen LogP contribution in [0.5, 0.6) is 0 Å². The SMILES string of the molecule is [2H]c1sc(C(O)(C(=O)OC2C([2H])([2H])C3([2H])C4([2H])OC4([2H])C([2H])(C2([2H])[2H])[N+]3(C)C([2H])([2H])[2H])c2sc([2H])c([2H])c2[2H])c([2H])c1[2H].